The SMILES string of the molecule is CCC(C)N1CCO[C@@H](Cn2cc(-n3nc(-c4cnc(OC)c(F)c4)c4c3CCOCC4)cn2)C1. The summed E-state index contributed by atoms with van der Waals surface area (Å²) in [4.78, 5) is 6.60. The maximum absolute atomic E-state index is 14.4. The molecule has 0 amide bonds. The van der Waals surface area contributed by atoms with E-state index in [1.54, 1.807) is 6.20 Å². The van der Waals surface area contributed by atoms with Gasteiger partial charge in [-0.1, -0.05) is 6.92 Å². The molecule has 0 saturated carbocycles. The standard InChI is InChI=1S/C25H33FN6O3/c1-4-17(2)30-7-10-35-20(15-30)16-31-14-19(13-28-31)32-23-6-9-34-8-5-21(23)24(29-32)18-11-22(26)25(33-3)27-12-18/h11-14,17,20H,4-10,15-16H2,1-3H3/t17?,20-/m1/s1. The third-order valence-electron chi connectivity index (χ3n) is 6.98. The van der Waals surface area contributed by atoms with Crippen LogP contribution in [0.1, 0.15) is 31.5 Å². The number of hydrogen-bond acceptors (Lipinski definition) is 7. The van der Waals surface area contributed by atoms with Gasteiger partial charge >= 0.3 is 0 Å². The van der Waals surface area contributed by atoms with E-state index >= 15 is 0 Å². The Bertz CT molecular complexity index is 1160. The lowest BCUT2D eigenvalue weighted by Crippen LogP contribution is -2.47. The van der Waals surface area contributed by atoms with E-state index in [0.717, 1.165) is 49.5 Å². The second kappa shape index (κ2) is 10.4. The molecule has 5 rings (SSSR count). The van der Waals surface area contributed by atoms with E-state index in [4.69, 9.17) is 19.3 Å². The average Bonchev–Trinajstić information content (AvgIpc) is 3.40. The maximum Gasteiger partial charge on any atom is 0.250 e. The zero-order chi connectivity index (χ0) is 24.4. The molecule has 0 bridgehead atoms. The molecule has 0 aliphatic carbocycles. The molecule has 3 aromatic rings. The molecule has 2 aliphatic rings. The van der Waals surface area contributed by atoms with Gasteiger partial charge in [0.2, 0.25) is 5.88 Å². The van der Waals surface area contributed by atoms with Gasteiger partial charge in [-0.05, 0) is 25.8 Å². The smallest absolute Gasteiger partial charge is 0.250 e. The summed E-state index contributed by atoms with van der Waals surface area (Å²) < 4.78 is 35.0. The van der Waals surface area contributed by atoms with Gasteiger partial charge in [0.25, 0.3) is 0 Å². The average molecular weight is 485 g/mol. The molecule has 188 valence electrons. The normalized spacial score (nSPS) is 19.8. The van der Waals surface area contributed by atoms with Crippen LogP contribution < -0.4 is 4.74 Å². The summed E-state index contributed by atoms with van der Waals surface area (Å²) >= 11 is 0. The van der Waals surface area contributed by atoms with E-state index in [2.05, 4.69) is 28.8 Å². The van der Waals surface area contributed by atoms with Gasteiger partial charge in [-0.2, -0.15) is 10.2 Å². The van der Waals surface area contributed by atoms with Gasteiger partial charge in [0.05, 0.1) is 63.4 Å². The van der Waals surface area contributed by atoms with Crippen molar-refractivity contribution in [1.82, 2.24) is 29.4 Å². The van der Waals surface area contributed by atoms with Crippen LogP contribution in [-0.2, 0) is 28.9 Å². The number of nitrogens with zero attached hydrogens (tertiary/aromatic N) is 6. The van der Waals surface area contributed by atoms with Gasteiger partial charge in [0, 0.05) is 42.9 Å². The molecule has 0 radical (unpaired) electrons. The first kappa shape index (κ1) is 23.9. The van der Waals surface area contributed by atoms with Crippen LogP contribution in [-0.4, -0.2) is 81.6 Å². The molecule has 1 unspecified atom stereocenters. The molecule has 3 aromatic heterocycles. The zero-order valence-corrected chi connectivity index (χ0v) is 20.6. The van der Waals surface area contributed by atoms with E-state index in [-0.39, 0.29) is 12.0 Å². The Balaban J connectivity index is 1.42. The molecule has 2 atom stereocenters. The van der Waals surface area contributed by atoms with Crippen LogP contribution in [0.25, 0.3) is 16.9 Å². The number of pyridine rings is 1. The largest absolute Gasteiger partial charge is 0.479 e. The number of fused-ring (bicyclic) bond motifs is 1. The quantitative estimate of drug-likeness (QED) is 0.510. The summed E-state index contributed by atoms with van der Waals surface area (Å²) in [5, 5.41) is 9.50. The summed E-state index contributed by atoms with van der Waals surface area (Å²) in [6, 6.07) is 1.98. The first-order valence-electron chi connectivity index (χ1n) is 12.3. The number of aromatic nitrogens is 5. The van der Waals surface area contributed by atoms with Gasteiger partial charge in [0.1, 0.15) is 5.69 Å². The molecule has 1 saturated heterocycles. The second-order valence-electron chi connectivity index (χ2n) is 9.18. The molecule has 9 nitrogen and oxygen atoms in total. The van der Waals surface area contributed by atoms with E-state index < -0.39 is 5.82 Å². The molecule has 5 heterocycles. The van der Waals surface area contributed by atoms with Gasteiger partial charge in [0.15, 0.2) is 5.82 Å². The van der Waals surface area contributed by atoms with Crippen LogP contribution in [0.2, 0.25) is 0 Å². The Morgan fingerprint density at radius 2 is 2.09 bits per heavy atom. The zero-order valence-electron chi connectivity index (χ0n) is 20.6. The Kier molecular flexibility index (Phi) is 7.12. The highest BCUT2D eigenvalue weighted by atomic mass is 19.1. The van der Waals surface area contributed by atoms with Crippen molar-refractivity contribution >= 4 is 0 Å². The second-order valence-corrected chi connectivity index (χ2v) is 9.18. The van der Waals surface area contributed by atoms with Gasteiger partial charge in [-0.3, -0.25) is 9.58 Å². The summed E-state index contributed by atoms with van der Waals surface area (Å²) in [6.45, 7) is 9.00. The van der Waals surface area contributed by atoms with Crippen molar-refractivity contribution in [3.8, 4) is 22.8 Å². The highest BCUT2D eigenvalue weighted by molar-refractivity contribution is 5.65. The highest BCUT2D eigenvalue weighted by Gasteiger charge is 2.26. The van der Waals surface area contributed by atoms with Crippen molar-refractivity contribution < 1.29 is 18.6 Å². The minimum absolute atomic E-state index is 0.0271. The molecular formula is C25H33FN6O3. The molecule has 0 spiro atoms. The van der Waals surface area contributed by atoms with E-state index in [1.165, 1.54) is 13.2 Å². The minimum Gasteiger partial charge on any atom is -0.479 e. The molecule has 0 aromatic carbocycles. The van der Waals surface area contributed by atoms with Crippen LogP contribution >= 0.6 is 0 Å². The van der Waals surface area contributed by atoms with Crippen molar-refractivity contribution in [2.75, 3.05) is 40.0 Å². The van der Waals surface area contributed by atoms with Crippen molar-refractivity contribution in [2.24, 2.45) is 0 Å². The Hall–Kier alpha value is -2.82. The van der Waals surface area contributed by atoms with Crippen LogP contribution in [0.3, 0.4) is 0 Å². The van der Waals surface area contributed by atoms with Crippen LogP contribution in [0.15, 0.2) is 24.7 Å². The third-order valence-corrected chi connectivity index (χ3v) is 6.98. The van der Waals surface area contributed by atoms with Crippen molar-refractivity contribution in [2.45, 2.75) is 51.8 Å². The minimum atomic E-state index is -0.509. The fourth-order valence-electron chi connectivity index (χ4n) is 4.88. The number of rotatable bonds is 7. The van der Waals surface area contributed by atoms with E-state index in [1.807, 2.05) is 21.8 Å². The fraction of sp³-hybridized carbons (Fsp3) is 0.560. The lowest BCUT2D eigenvalue weighted by atomic mass is 10.0. The molecule has 10 heteroatoms. The van der Waals surface area contributed by atoms with Crippen molar-refractivity contribution in [3.05, 3.63) is 41.7 Å². The first-order chi connectivity index (χ1) is 17.1. The van der Waals surface area contributed by atoms with Gasteiger partial charge in [-0.25, -0.2) is 14.1 Å². The molecule has 1 fully saturated rings. The lowest BCUT2D eigenvalue weighted by Gasteiger charge is -2.36. The summed E-state index contributed by atoms with van der Waals surface area (Å²) in [5.41, 5.74) is 4.32. The number of halogens is 1. The first-order valence-corrected chi connectivity index (χ1v) is 12.3. The summed E-state index contributed by atoms with van der Waals surface area (Å²) in [5.74, 6) is -0.536. The Morgan fingerprint density at radius 3 is 2.89 bits per heavy atom. The Morgan fingerprint density at radius 1 is 1.23 bits per heavy atom. The predicted molar refractivity (Wildman–Crippen MR) is 128 cm³/mol. The van der Waals surface area contributed by atoms with Gasteiger partial charge < -0.3 is 14.2 Å². The van der Waals surface area contributed by atoms with E-state index in [9.17, 15) is 4.39 Å². The fourth-order valence-corrected chi connectivity index (χ4v) is 4.88. The van der Waals surface area contributed by atoms with E-state index in [0.29, 0.717) is 43.5 Å². The van der Waals surface area contributed by atoms with Crippen LogP contribution in [0.5, 0.6) is 5.88 Å². The summed E-state index contributed by atoms with van der Waals surface area (Å²) in [6.07, 6.45) is 8.07. The lowest BCUT2D eigenvalue weighted by molar-refractivity contribution is -0.0495. The number of methoxy groups -OCH3 is 1. The maximum atomic E-state index is 14.4. The van der Waals surface area contributed by atoms with Crippen LogP contribution in [0.4, 0.5) is 4.39 Å². The van der Waals surface area contributed by atoms with Crippen molar-refractivity contribution in [1.29, 1.82) is 0 Å². The summed E-state index contributed by atoms with van der Waals surface area (Å²) in [7, 11) is 1.40. The van der Waals surface area contributed by atoms with Crippen molar-refractivity contribution in [3.63, 3.8) is 0 Å². The molecule has 35 heavy (non-hydrogen) atoms. The molecular weight excluding hydrogens is 451 g/mol. The monoisotopic (exact) mass is 484 g/mol. The highest BCUT2D eigenvalue weighted by Crippen LogP contribution is 2.31. The van der Waals surface area contributed by atoms with Crippen LogP contribution in [0, 0.1) is 5.82 Å². The predicted octanol–water partition coefficient (Wildman–Crippen LogP) is 2.89. The topological polar surface area (TPSA) is 79.5 Å². The number of hydrogen-bond donors (Lipinski definition) is 0. The molecule has 0 N–H and O–H groups in total. The molecule has 2 aliphatic heterocycles. The third kappa shape index (κ3) is 4.96. The Labute approximate surface area is 204 Å². The number of ether oxygens (including phenoxy) is 3. The number of morpholine rings is 1. The van der Waals surface area contributed by atoms with Gasteiger partial charge in [-0.15, -0.1) is 0 Å².